The average molecular weight is 349 g/mol. The summed E-state index contributed by atoms with van der Waals surface area (Å²) in [5.41, 5.74) is 3.63. The first-order chi connectivity index (χ1) is 12.5. The molecule has 0 saturated carbocycles. The van der Waals surface area contributed by atoms with Crippen molar-refractivity contribution in [2.45, 2.75) is 32.7 Å². The molecule has 26 heavy (non-hydrogen) atoms. The lowest BCUT2D eigenvalue weighted by molar-refractivity contribution is 0.381. The van der Waals surface area contributed by atoms with Gasteiger partial charge in [-0.3, -0.25) is 0 Å². The third kappa shape index (κ3) is 3.44. The number of hydrogen-bond donors (Lipinski definition) is 2. The summed E-state index contributed by atoms with van der Waals surface area (Å²) < 4.78 is 0. The van der Waals surface area contributed by atoms with Gasteiger partial charge >= 0.3 is 0 Å². The second-order valence-electron chi connectivity index (χ2n) is 8.29. The number of anilines is 1. The molecular weight excluding hydrogens is 322 g/mol. The fourth-order valence-electron chi connectivity index (χ4n) is 3.47. The highest BCUT2D eigenvalue weighted by Gasteiger charge is 2.28. The molecule has 3 aromatic rings. The number of aromatic amines is 1. The summed E-state index contributed by atoms with van der Waals surface area (Å²) >= 11 is 0. The van der Waals surface area contributed by atoms with Crippen LogP contribution in [0.5, 0.6) is 0 Å². The van der Waals surface area contributed by atoms with Crippen LogP contribution in [0.1, 0.15) is 32.0 Å². The number of nitrogens with zero attached hydrogens (tertiary/aromatic N) is 3. The quantitative estimate of drug-likeness (QED) is 0.740. The molecule has 0 atom stereocenters. The van der Waals surface area contributed by atoms with E-state index in [4.69, 9.17) is 0 Å². The molecule has 1 aromatic carbocycles. The second-order valence-corrected chi connectivity index (χ2v) is 8.29. The molecule has 0 amide bonds. The summed E-state index contributed by atoms with van der Waals surface area (Å²) in [6.07, 6.45) is 2.11. The molecule has 0 aliphatic carbocycles. The number of aromatic nitrogens is 3. The zero-order valence-electron chi connectivity index (χ0n) is 15.8. The van der Waals surface area contributed by atoms with Crippen LogP contribution in [0, 0.1) is 5.92 Å². The van der Waals surface area contributed by atoms with E-state index in [9.17, 15) is 0 Å². The van der Waals surface area contributed by atoms with Crippen LogP contribution in [0.2, 0.25) is 0 Å². The van der Waals surface area contributed by atoms with Gasteiger partial charge in [0.25, 0.3) is 0 Å². The zero-order chi connectivity index (χ0) is 18.1. The Morgan fingerprint density at radius 2 is 1.92 bits per heavy atom. The summed E-state index contributed by atoms with van der Waals surface area (Å²) in [5, 5.41) is 13.7. The summed E-state index contributed by atoms with van der Waals surface area (Å²) in [5.74, 6) is 1.66. The van der Waals surface area contributed by atoms with Crippen molar-refractivity contribution in [3.05, 3.63) is 53.9 Å². The molecule has 1 aliphatic rings. The molecule has 0 unspecified atom stereocenters. The van der Waals surface area contributed by atoms with Gasteiger partial charge in [-0.05, 0) is 23.8 Å². The van der Waals surface area contributed by atoms with Gasteiger partial charge in [0.1, 0.15) is 0 Å². The van der Waals surface area contributed by atoms with E-state index >= 15 is 0 Å². The predicted octanol–water partition coefficient (Wildman–Crippen LogP) is 3.48. The normalized spacial score (nSPS) is 15.4. The molecule has 2 N–H and O–H groups in total. The number of hydrogen-bond acceptors (Lipinski definition) is 4. The number of nitrogens with one attached hydrogen (secondary N) is 2. The average Bonchev–Trinajstić information content (AvgIpc) is 2.99. The standard InChI is InChI=1S/C21H27N5/c1-21(2,3)19-8-9-20(25-24-19)26-13-15(14-26)10-22-11-16-12-23-18-7-5-4-6-17(16)18/h4-9,12,15,22-23H,10-11,13-14H2,1-3H3. The Morgan fingerprint density at radius 1 is 1.12 bits per heavy atom. The number of H-pyrrole nitrogens is 1. The van der Waals surface area contributed by atoms with Crippen molar-refractivity contribution < 1.29 is 0 Å². The first kappa shape index (κ1) is 17.0. The van der Waals surface area contributed by atoms with Crippen LogP contribution < -0.4 is 10.2 Å². The Balaban J connectivity index is 1.25. The summed E-state index contributed by atoms with van der Waals surface area (Å²) in [6, 6.07) is 12.7. The van der Waals surface area contributed by atoms with Gasteiger partial charge in [0.05, 0.1) is 5.69 Å². The lowest BCUT2D eigenvalue weighted by atomic mass is 9.92. The van der Waals surface area contributed by atoms with Gasteiger partial charge in [-0.15, -0.1) is 5.10 Å². The third-order valence-electron chi connectivity index (χ3n) is 5.12. The minimum atomic E-state index is 0.0509. The monoisotopic (exact) mass is 349 g/mol. The summed E-state index contributed by atoms with van der Waals surface area (Å²) in [7, 11) is 0. The predicted molar refractivity (Wildman–Crippen MR) is 106 cm³/mol. The summed E-state index contributed by atoms with van der Waals surface area (Å²) in [4.78, 5) is 5.64. The van der Waals surface area contributed by atoms with E-state index in [2.05, 4.69) is 88.8 Å². The maximum atomic E-state index is 4.41. The molecule has 5 nitrogen and oxygen atoms in total. The molecule has 136 valence electrons. The molecule has 2 aromatic heterocycles. The molecule has 4 rings (SSSR count). The highest BCUT2D eigenvalue weighted by Crippen LogP contribution is 2.25. The van der Waals surface area contributed by atoms with Crippen molar-refractivity contribution in [2.24, 2.45) is 5.92 Å². The topological polar surface area (TPSA) is 56.8 Å². The molecular formula is C21H27N5. The maximum Gasteiger partial charge on any atom is 0.151 e. The van der Waals surface area contributed by atoms with Crippen molar-refractivity contribution in [3.8, 4) is 0 Å². The van der Waals surface area contributed by atoms with Crippen LogP contribution in [0.25, 0.3) is 10.9 Å². The molecule has 0 radical (unpaired) electrons. The van der Waals surface area contributed by atoms with Gasteiger partial charge in [0.2, 0.25) is 0 Å². The SMILES string of the molecule is CC(C)(C)c1ccc(N2CC(CNCc3c[nH]c4ccccc34)C2)nn1. The van der Waals surface area contributed by atoms with E-state index in [1.54, 1.807) is 0 Å². The minimum absolute atomic E-state index is 0.0509. The van der Waals surface area contributed by atoms with E-state index in [0.717, 1.165) is 37.7 Å². The van der Waals surface area contributed by atoms with E-state index in [1.807, 2.05) is 0 Å². The van der Waals surface area contributed by atoms with E-state index < -0.39 is 0 Å². The Morgan fingerprint density at radius 3 is 2.65 bits per heavy atom. The zero-order valence-corrected chi connectivity index (χ0v) is 15.8. The van der Waals surface area contributed by atoms with Crippen LogP contribution >= 0.6 is 0 Å². The third-order valence-corrected chi connectivity index (χ3v) is 5.12. The van der Waals surface area contributed by atoms with Gasteiger partial charge in [0, 0.05) is 54.6 Å². The highest BCUT2D eigenvalue weighted by atomic mass is 15.3. The maximum absolute atomic E-state index is 4.41. The van der Waals surface area contributed by atoms with E-state index in [-0.39, 0.29) is 5.41 Å². The van der Waals surface area contributed by atoms with Crippen molar-refractivity contribution in [1.29, 1.82) is 0 Å². The largest absolute Gasteiger partial charge is 0.361 e. The van der Waals surface area contributed by atoms with Crippen LogP contribution in [0.4, 0.5) is 5.82 Å². The number of rotatable bonds is 5. The fraction of sp³-hybridized carbons (Fsp3) is 0.429. The Kier molecular flexibility index (Phi) is 4.41. The molecule has 3 heterocycles. The van der Waals surface area contributed by atoms with Gasteiger partial charge in [0.15, 0.2) is 5.82 Å². The van der Waals surface area contributed by atoms with E-state index in [1.165, 1.54) is 16.5 Å². The van der Waals surface area contributed by atoms with Crippen LogP contribution in [0.3, 0.4) is 0 Å². The smallest absolute Gasteiger partial charge is 0.151 e. The van der Waals surface area contributed by atoms with Gasteiger partial charge in [-0.2, -0.15) is 5.10 Å². The van der Waals surface area contributed by atoms with Gasteiger partial charge < -0.3 is 15.2 Å². The molecule has 0 spiro atoms. The Hall–Kier alpha value is -2.40. The van der Waals surface area contributed by atoms with Crippen LogP contribution in [0.15, 0.2) is 42.6 Å². The van der Waals surface area contributed by atoms with Gasteiger partial charge in [-0.25, -0.2) is 0 Å². The molecule has 1 aliphatic heterocycles. The second kappa shape index (κ2) is 6.72. The number of benzene rings is 1. The van der Waals surface area contributed by atoms with Crippen molar-refractivity contribution in [1.82, 2.24) is 20.5 Å². The van der Waals surface area contributed by atoms with Crippen LogP contribution in [-0.4, -0.2) is 34.8 Å². The summed E-state index contributed by atoms with van der Waals surface area (Å²) in [6.45, 7) is 10.5. The minimum Gasteiger partial charge on any atom is -0.361 e. The first-order valence-corrected chi connectivity index (χ1v) is 9.35. The number of para-hydroxylation sites is 1. The molecule has 1 fully saturated rings. The Bertz CT molecular complexity index is 869. The number of fused-ring (bicyclic) bond motifs is 1. The van der Waals surface area contributed by atoms with Crippen molar-refractivity contribution in [3.63, 3.8) is 0 Å². The molecule has 0 bridgehead atoms. The van der Waals surface area contributed by atoms with Gasteiger partial charge in [-0.1, -0.05) is 39.0 Å². The van der Waals surface area contributed by atoms with Crippen molar-refractivity contribution >= 4 is 16.7 Å². The lowest BCUT2D eigenvalue weighted by Crippen LogP contribution is -2.51. The highest BCUT2D eigenvalue weighted by molar-refractivity contribution is 5.82. The first-order valence-electron chi connectivity index (χ1n) is 9.35. The molecule has 1 saturated heterocycles. The van der Waals surface area contributed by atoms with E-state index in [0.29, 0.717) is 5.92 Å². The van der Waals surface area contributed by atoms with Crippen molar-refractivity contribution in [2.75, 3.05) is 24.5 Å². The lowest BCUT2D eigenvalue weighted by Gasteiger charge is -2.40. The molecule has 5 heteroatoms. The van der Waals surface area contributed by atoms with Crippen LogP contribution in [-0.2, 0) is 12.0 Å². The fourth-order valence-corrected chi connectivity index (χ4v) is 3.47. The Labute approximate surface area is 154 Å².